The van der Waals surface area contributed by atoms with E-state index in [1.165, 1.54) is 6.07 Å². The summed E-state index contributed by atoms with van der Waals surface area (Å²) >= 11 is -0.668. The highest BCUT2D eigenvalue weighted by Crippen LogP contribution is 2.49. The molecule has 0 spiro atoms. The maximum Gasteiger partial charge on any atom is 0.461 e. The Morgan fingerprint density at radius 1 is 0.974 bits per heavy atom. The van der Waals surface area contributed by atoms with Crippen LogP contribution >= 0.6 is 11.8 Å². The Hall–Kier alpha value is -2.94. The molecule has 8 nitrogen and oxygen atoms in total. The first kappa shape index (κ1) is 32.3. The lowest BCUT2D eigenvalue weighted by atomic mass is 10.3. The highest BCUT2D eigenvalue weighted by atomic mass is 32.2. The van der Waals surface area contributed by atoms with Crippen LogP contribution in [0.15, 0.2) is 57.2 Å². The van der Waals surface area contributed by atoms with Crippen LogP contribution in [0.4, 0.5) is 55.3 Å². The van der Waals surface area contributed by atoms with Crippen molar-refractivity contribution in [2.45, 2.75) is 37.5 Å². The first-order chi connectivity index (χ1) is 17.5. The number of carbonyl (C=O) groups is 1. The van der Waals surface area contributed by atoms with Crippen LogP contribution in [0.2, 0.25) is 0 Å². The van der Waals surface area contributed by atoms with E-state index in [9.17, 15) is 71.4 Å². The first-order valence-electron chi connectivity index (χ1n) is 9.41. The number of rotatable bonds is 9. The summed E-state index contributed by atoms with van der Waals surface area (Å²) < 4.78 is 166. The summed E-state index contributed by atoms with van der Waals surface area (Å²) in [5, 5.41) is 6.82. The van der Waals surface area contributed by atoms with Crippen LogP contribution in [-0.2, 0) is 25.4 Å². The van der Waals surface area contributed by atoms with E-state index in [1.54, 1.807) is 0 Å². The number of hydrogen-bond acceptors (Lipinski definition) is 7. The Bertz CT molecular complexity index is 1410. The average Bonchev–Trinajstić information content (AvgIpc) is 2.77. The maximum absolute atomic E-state index is 13.8. The average molecular weight is 636 g/mol. The maximum atomic E-state index is 13.8. The van der Waals surface area contributed by atoms with Gasteiger partial charge in [-0.3, -0.25) is 14.9 Å². The van der Waals surface area contributed by atoms with Crippen LogP contribution in [0.5, 0.6) is 0 Å². The molecule has 0 heterocycles. The Balaban J connectivity index is 2.41. The zero-order valence-electron chi connectivity index (χ0n) is 18.1. The Morgan fingerprint density at radius 2 is 1.54 bits per heavy atom. The molecular formula is C18H10F10N2O6S3. The number of benzene rings is 2. The third-order valence-corrected chi connectivity index (χ3v) is 8.21. The van der Waals surface area contributed by atoms with Gasteiger partial charge in [0, 0.05) is 11.0 Å². The predicted molar refractivity (Wildman–Crippen MR) is 114 cm³/mol. The molecule has 1 amide bonds. The van der Waals surface area contributed by atoms with Gasteiger partial charge in [0.05, 0.1) is 15.5 Å². The van der Waals surface area contributed by atoms with E-state index in [2.05, 4.69) is 0 Å². The predicted octanol–water partition coefficient (Wildman–Crippen LogP) is 5.52. The summed E-state index contributed by atoms with van der Waals surface area (Å²) in [6, 6.07) is 4.06. The van der Waals surface area contributed by atoms with E-state index in [1.807, 2.05) is 5.32 Å². The smallest absolute Gasteiger partial charge is 0.324 e. The van der Waals surface area contributed by atoms with Crippen LogP contribution < -0.4 is 5.32 Å². The lowest BCUT2D eigenvalue weighted by molar-refractivity contribution is -0.388. The Morgan fingerprint density at radius 3 is 2.05 bits per heavy atom. The number of nitro groups is 1. The lowest BCUT2D eigenvalue weighted by Gasteiger charge is -2.27. The summed E-state index contributed by atoms with van der Waals surface area (Å²) in [4.78, 5) is 18.3. The summed E-state index contributed by atoms with van der Waals surface area (Å²) in [6.45, 7) is 0. The zero-order chi connectivity index (χ0) is 30.2. The number of carbonyl (C=O) groups excluding carboxylic acids is 1. The number of amides is 1. The normalized spacial score (nSPS) is 14.1. The molecule has 2 rings (SSSR count). The molecule has 0 bridgehead atoms. The zero-order valence-corrected chi connectivity index (χ0v) is 20.6. The van der Waals surface area contributed by atoms with Gasteiger partial charge in [0.2, 0.25) is 5.91 Å². The minimum atomic E-state index is -6.88. The molecule has 1 atom stereocenters. The standard InChI is InChI=1S/C18H10F10N2O6S3/c19-15(20,16(21,22)23)17(24,25)38(34)9-5-6-13(11(7-9)30(32)33)39(35,36)8-14(31)29-10-3-1-2-4-12(10)37-18(26,27)28/h1-7H,8H2,(H,29,31). The number of halogens is 10. The van der Waals surface area contributed by atoms with Crippen molar-refractivity contribution in [3.63, 3.8) is 0 Å². The van der Waals surface area contributed by atoms with Crippen molar-refractivity contribution in [1.29, 1.82) is 0 Å². The highest BCUT2D eigenvalue weighted by molar-refractivity contribution is 8.00. The van der Waals surface area contributed by atoms with Crippen LogP contribution in [0.1, 0.15) is 0 Å². The molecule has 0 saturated carbocycles. The van der Waals surface area contributed by atoms with Gasteiger partial charge in [0.1, 0.15) is 21.4 Å². The molecule has 0 aliphatic carbocycles. The molecule has 2 aromatic carbocycles. The third kappa shape index (κ3) is 7.18. The van der Waals surface area contributed by atoms with Gasteiger partial charge in [-0.15, -0.1) is 0 Å². The van der Waals surface area contributed by atoms with Gasteiger partial charge < -0.3 is 5.32 Å². The summed E-state index contributed by atoms with van der Waals surface area (Å²) in [6.07, 6.45) is -6.88. The number of anilines is 1. The van der Waals surface area contributed by atoms with Crippen molar-refractivity contribution in [3.05, 3.63) is 52.6 Å². The molecule has 1 N–H and O–H groups in total. The van der Waals surface area contributed by atoms with E-state index in [0.29, 0.717) is 0 Å². The topological polar surface area (TPSA) is 123 Å². The van der Waals surface area contributed by atoms with E-state index < -0.39 is 97.9 Å². The van der Waals surface area contributed by atoms with E-state index in [4.69, 9.17) is 0 Å². The molecule has 2 aromatic rings. The number of para-hydroxylation sites is 1. The van der Waals surface area contributed by atoms with Gasteiger partial charge >= 0.3 is 22.9 Å². The van der Waals surface area contributed by atoms with Crippen LogP contribution in [0, 0.1) is 10.1 Å². The quantitative estimate of drug-likeness (QED) is 0.167. The molecule has 216 valence electrons. The van der Waals surface area contributed by atoms with Crippen molar-refractivity contribution >= 4 is 49.7 Å². The lowest BCUT2D eigenvalue weighted by Crippen LogP contribution is -2.54. The molecule has 0 saturated heterocycles. The van der Waals surface area contributed by atoms with E-state index >= 15 is 0 Å². The van der Waals surface area contributed by atoms with Gasteiger partial charge in [0.15, 0.2) is 9.84 Å². The first-order valence-corrected chi connectivity index (χ1v) is 13.0. The molecular weight excluding hydrogens is 626 g/mol. The van der Waals surface area contributed by atoms with Crippen molar-refractivity contribution < 1.29 is 66.2 Å². The van der Waals surface area contributed by atoms with Crippen molar-refractivity contribution in [3.8, 4) is 0 Å². The van der Waals surface area contributed by atoms with E-state index in [-0.39, 0.29) is 18.2 Å². The minimum Gasteiger partial charge on any atom is -0.324 e. The van der Waals surface area contributed by atoms with Crippen LogP contribution in [0.3, 0.4) is 0 Å². The molecule has 0 fully saturated rings. The fourth-order valence-corrected chi connectivity index (χ4v) is 5.65. The molecule has 1 unspecified atom stereocenters. The van der Waals surface area contributed by atoms with Gasteiger partial charge in [0.25, 0.3) is 5.69 Å². The second-order valence-electron chi connectivity index (χ2n) is 7.10. The number of hydrogen-bond donors (Lipinski definition) is 1. The molecule has 0 radical (unpaired) electrons. The summed E-state index contributed by atoms with van der Waals surface area (Å²) in [5.74, 6) is -10.1. The molecule has 0 aliphatic heterocycles. The number of sulfone groups is 1. The van der Waals surface area contributed by atoms with Crippen molar-refractivity contribution in [2.75, 3.05) is 11.1 Å². The van der Waals surface area contributed by atoms with Gasteiger partial charge in [-0.2, -0.15) is 43.9 Å². The van der Waals surface area contributed by atoms with Crippen LogP contribution in [-0.4, -0.2) is 52.1 Å². The number of nitro benzene ring substituents is 1. The molecule has 0 aromatic heterocycles. The number of nitrogens with zero attached hydrogens (tertiary/aromatic N) is 1. The summed E-state index contributed by atoms with van der Waals surface area (Å²) in [5.41, 5.74) is -7.03. The Kier molecular flexibility index (Phi) is 9.03. The highest BCUT2D eigenvalue weighted by Gasteiger charge is 2.76. The Labute approximate surface area is 217 Å². The van der Waals surface area contributed by atoms with E-state index in [0.717, 1.165) is 18.2 Å². The number of alkyl halides is 10. The summed E-state index contributed by atoms with van der Waals surface area (Å²) in [7, 11) is -9.73. The second-order valence-corrected chi connectivity index (χ2v) is 11.7. The minimum absolute atomic E-state index is 0.0313. The number of nitrogens with one attached hydrogen (secondary N) is 1. The molecule has 0 aliphatic rings. The second kappa shape index (κ2) is 10.9. The van der Waals surface area contributed by atoms with Gasteiger partial charge in [-0.05, 0) is 36.0 Å². The van der Waals surface area contributed by atoms with Crippen molar-refractivity contribution in [1.82, 2.24) is 0 Å². The van der Waals surface area contributed by atoms with Crippen LogP contribution in [0.25, 0.3) is 0 Å². The SMILES string of the molecule is O=C(CS(=O)(=O)c1ccc(S(=O)C(F)(F)C(F)(F)C(F)(F)F)cc1[N+](=O)[O-])Nc1ccccc1SC(F)(F)F. The molecule has 39 heavy (non-hydrogen) atoms. The third-order valence-electron chi connectivity index (χ3n) is 4.34. The van der Waals surface area contributed by atoms with Gasteiger partial charge in [-0.25, -0.2) is 12.6 Å². The largest absolute Gasteiger partial charge is 0.461 e. The number of thioether (sulfide) groups is 1. The van der Waals surface area contributed by atoms with Crippen molar-refractivity contribution in [2.24, 2.45) is 0 Å². The fraction of sp³-hybridized carbons (Fsp3) is 0.278. The van der Waals surface area contributed by atoms with Gasteiger partial charge in [-0.1, -0.05) is 12.1 Å². The monoisotopic (exact) mass is 636 g/mol. The fourth-order valence-electron chi connectivity index (χ4n) is 2.67. The molecule has 21 heteroatoms.